The zero-order chi connectivity index (χ0) is 14.0. The van der Waals surface area contributed by atoms with Gasteiger partial charge in [0.25, 0.3) is 0 Å². The fourth-order valence-corrected chi connectivity index (χ4v) is 2.02. The van der Waals surface area contributed by atoms with Crippen molar-refractivity contribution in [2.24, 2.45) is 0 Å². The molecule has 0 spiro atoms. The number of rotatable bonds is 4. The molecule has 19 heavy (non-hydrogen) atoms. The predicted octanol–water partition coefficient (Wildman–Crippen LogP) is 2.13. The first-order valence-corrected chi connectivity index (χ1v) is 5.84. The van der Waals surface area contributed by atoms with Crippen molar-refractivity contribution in [3.05, 3.63) is 39.7 Å². The second-order valence-corrected chi connectivity index (χ2v) is 4.30. The highest BCUT2D eigenvalue weighted by Gasteiger charge is 2.11. The Labute approximate surface area is 109 Å². The van der Waals surface area contributed by atoms with Gasteiger partial charge in [0.05, 0.1) is 7.11 Å². The van der Waals surface area contributed by atoms with Crippen LogP contribution in [-0.4, -0.2) is 18.2 Å². The third-order valence-electron chi connectivity index (χ3n) is 2.96. The number of carbonyl (C=O) groups is 1. The lowest BCUT2D eigenvalue weighted by Crippen LogP contribution is -2.02. The van der Waals surface area contributed by atoms with E-state index in [2.05, 4.69) is 0 Å². The molecule has 2 rings (SSSR count). The number of carboxylic acids is 1. The zero-order valence-electron chi connectivity index (χ0n) is 10.7. The molecule has 5 heteroatoms. The second-order valence-electron chi connectivity index (χ2n) is 4.30. The average Bonchev–Trinajstić information content (AvgIpc) is 2.35. The number of methoxy groups -OCH3 is 1. The van der Waals surface area contributed by atoms with Crippen molar-refractivity contribution in [2.75, 3.05) is 7.11 Å². The Bertz CT molecular complexity index is 684. The quantitative estimate of drug-likeness (QED) is 0.854. The van der Waals surface area contributed by atoms with Crippen molar-refractivity contribution in [1.82, 2.24) is 0 Å². The summed E-state index contributed by atoms with van der Waals surface area (Å²) in [5, 5.41) is 9.53. The number of hydrogen-bond donors (Lipinski definition) is 1. The molecule has 100 valence electrons. The van der Waals surface area contributed by atoms with Gasteiger partial charge in [0, 0.05) is 23.9 Å². The van der Waals surface area contributed by atoms with Crippen molar-refractivity contribution in [1.29, 1.82) is 0 Å². The van der Waals surface area contributed by atoms with Crippen LogP contribution in [0, 0.1) is 6.92 Å². The van der Waals surface area contributed by atoms with Crippen molar-refractivity contribution in [3.8, 4) is 5.75 Å². The molecule has 0 aliphatic carbocycles. The molecule has 0 radical (unpaired) electrons. The number of benzene rings is 1. The molecule has 5 nitrogen and oxygen atoms in total. The minimum atomic E-state index is -0.863. The summed E-state index contributed by atoms with van der Waals surface area (Å²) in [5.74, 6) is -0.332. The average molecular weight is 262 g/mol. The van der Waals surface area contributed by atoms with E-state index in [9.17, 15) is 9.59 Å². The molecule has 2 aromatic rings. The lowest BCUT2D eigenvalue weighted by atomic mass is 10.0. The molecule has 1 aromatic carbocycles. The van der Waals surface area contributed by atoms with Crippen LogP contribution in [0.25, 0.3) is 11.0 Å². The third kappa shape index (κ3) is 2.76. The number of fused-ring (bicyclic) bond motifs is 1. The highest BCUT2D eigenvalue weighted by atomic mass is 16.5. The Kier molecular flexibility index (Phi) is 3.55. The Hall–Kier alpha value is -2.30. The number of carboxylic acid groups (broad SMARTS) is 1. The number of ether oxygens (including phenoxy) is 1. The van der Waals surface area contributed by atoms with Crippen LogP contribution in [0.5, 0.6) is 5.75 Å². The molecule has 0 atom stereocenters. The molecule has 0 saturated carbocycles. The minimum Gasteiger partial charge on any atom is -0.496 e. The molecule has 0 fully saturated rings. The van der Waals surface area contributed by atoms with Gasteiger partial charge in [-0.05, 0) is 30.5 Å². The molecule has 1 heterocycles. The van der Waals surface area contributed by atoms with Gasteiger partial charge in [-0.15, -0.1) is 0 Å². The molecule has 0 saturated heterocycles. The molecule has 0 bridgehead atoms. The zero-order valence-corrected chi connectivity index (χ0v) is 10.7. The second kappa shape index (κ2) is 5.14. The van der Waals surface area contributed by atoms with E-state index in [1.807, 2.05) is 13.0 Å². The number of aliphatic carboxylic acids is 1. The monoisotopic (exact) mass is 262 g/mol. The van der Waals surface area contributed by atoms with E-state index in [0.717, 1.165) is 16.5 Å². The molecule has 0 unspecified atom stereocenters. The maximum atomic E-state index is 11.3. The normalized spacial score (nSPS) is 10.6. The summed E-state index contributed by atoms with van der Waals surface area (Å²) in [6.07, 6.45) is 0.394. The van der Waals surface area contributed by atoms with Crippen LogP contribution in [0.15, 0.2) is 27.4 Å². The van der Waals surface area contributed by atoms with Crippen LogP contribution >= 0.6 is 0 Å². The number of aryl methyl sites for hydroxylation is 2. The molecule has 0 amide bonds. The van der Waals surface area contributed by atoms with E-state index in [-0.39, 0.29) is 6.42 Å². The van der Waals surface area contributed by atoms with E-state index < -0.39 is 11.6 Å². The molecule has 0 aliphatic rings. The molecular formula is C14H14O5. The third-order valence-corrected chi connectivity index (χ3v) is 2.96. The van der Waals surface area contributed by atoms with Gasteiger partial charge in [0.15, 0.2) is 0 Å². The van der Waals surface area contributed by atoms with E-state index in [0.29, 0.717) is 17.8 Å². The summed E-state index contributed by atoms with van der Waals surface area (Å²) in [6, 6.07) is 4.85. The van der Waals surface area contributed by atoms with Gasteiger partial charge in [-0.3, -0.25) is 4.79 Å². The predicted molar refractivity (Wildman–Crippen MR) is 69.7 cm³/mol. The lowest BCUT2D eigenvalue weighted by Gasteiger charge is -2.10. The van der Waals surface area contributed by atoms with Crippen LogP contribution in [0.2, 0.25) is 0 Å². The molecule has 1 N–H and O–H groups in total. The maximum absolute atomic E-state index is 11.3. The Morgan fingerprint density at radius 1 is 1.37 bits per heavy atom. The summed E-state index contributed by atoms with van der Waals surface area (Å²) >= 11 is 0. The lowest BCUT2D eigenvalue weighted by molar-refractivity contribution is -0.136. The summed E-state index contributed by atoms with van der Waals surface area (Å²) in [7, 11) is 1.50. The van der Waals surface area contributed by atoms with Crippen molar-refractivity contribution in [3.63, 3.8) is 0 Å². The van der Waals surface area contributed by atoms with Crippen molar-refractivity contribution in [2.45, 2.75) is 19.8 Å². The first kappa shape index (κ1) is 13.1. The van der Waals surface area contributed by atoms with Crippen LogP contribution in [0.3, 0.4) is 0 Å². The Morgan fingerprint density at radius 3 is 2.74 bits per heavy atom. The van der Waals surface area contributed by atoms with E-state index in [1.54, 1.807) is 6.07 Å². The highest BCUT2D eigenvalue weighted by molar-refractivity contribution is 5.82. The SMILES string of the molecule is COc1cc2oc(=O)cc(C)c2cc1CCC(=O)O. The van der Waals surface area contributed by atoms with Crippen LogP contribution < -0.4 is 10.4 Å². The summed E-state index contributed by atoms with van der Waals surface area (Å²) < 4.78 is 10.3. The highest BCUT2D eigenvalue weighted by Crippen LogP contribution is 2.27. The Balaban J connectivity index is 2.57. The van der Waals surface area contributed by atoms with E-state index in [1.165, 1.54) is 13.2 Å². The van der Waals surface area contributed by atoms with Gasteiger partial charge in [0.2, 0.25) is 0 Å². The molecule has 0 aliphatic heterocycles. The molecule has 1 aromatic heterocycles. The molecular weight excluding hydrogens is 248 g/mol. The summed E-state index contributed by atoms with van der Waals surface area (Å²) in [5.41, 5.74) is 1.62. The van der Waals surface area contributed by atoms with Crippen molar-refractivity contribution >= 4 is 16.9 Å². The minimum absolute atomic E-state index is 0.0255. The Morgan fingerprint density at radius 2 is 2.11 bits per heavy atom. The number of hydrogen-bond acceptors (Lipinski definition) is 4. The summed E-state index contributed by atoms with van der Waals surface area (Å²) in [6.45, 7) is 1.81. The van der Waals surface area contributed by atoms with E-state index in [4.69, 9.17) is 14.3 Å². The van der Waals surface area contributed by atoms with E-state index >= 15 is 0 Å². The van der Waals surface area contributed by atoms with Gasteiger partial charge in [-0.2, -0.15) is 0 Å². The standard InChI is InChI=1S/C14H14O5/c1-8-5-14(17)19-12-7-11(18-2)9(6-10(8)12)3-4-13(15)16/h5-7H,3-4H2,1-2H3,(H,15,16). The van der Waals surface area contributed by atoms with Crippen LogP contribution in [0.1, 0.15) is 17.5 Å². The fourth-order valence-electron chi connectivity index (χ4n) is 2.02. The first-order valence-electron chi connectivity index (χ1n) is 5.84. The van der Waals surface area contributed by atoms with Gasteiger partial charge in [-0.1, -0.05) is 0 Å². The van der Waals surface area contributed by atoms with Gasteiger partial charge in [-0.25, -0.2) is 4.79 Å². The largest absolute Gasteiger partial charge is 0.496 e. The van der Waals surface area contributed by atoms with Crippen LogP contribution in [-0.2, 0) is 11.2 Å². The van der Waals surface area contributed by atoms with Crippen LogP contribution in [0.4, 0.5) is 0 Å². The van der Waals surface area contributed by atoms with Gasteiger partial charge >= 0.3 is 11.6 Å². The first-order chi connectivity index (χ1) is 9.01. The smallest absolute Gasteiger partial charge is 0.336 e. The van der Waals surface area contributed by atoms with Gasteiger partial charge < -0.3 is 14.3 Å². The fraction of sp³-hybridized carbons (Fsp3) is 0.286. The maximum Gasteiger partial charge on any atom is 0.336 e. The topological polar surface area (TPSA) is 76.7 Å². The van der Waals surface area contributed by atoms with Crippen molar-refractivity contribution < 1.29 is 19.1 Å². The van der Waals surface area contributed by atoms with Gasteiger partial charge in [0.1, 0.15) is 11.3 Å². The summed E-state index contributed by atoms with van der Waals surface area (Å²) in [4.78, 5) is 22.0.